The van der Waals surface area contributed by atoms with Crippen molar-refractivity contribution in [2.45, 2.75) is 6.42 Å². The Balaban J connectivity index is 2.79. The van der Waals surface area contributed by atoms with Gasteiger partial charge in [-0.25, -0.2) is 4.39 Å². The number of carbonyl (C=O) groups excluding carboxylic acids is 1. The maximum absolute atomic E-state index is 13.5. The number of amides is 1. The second-order valence-electron chi connectivity index (χ2n) is 3.64. The van der Waals surface area contributed by atoms with Gasteiger partial charge in [-0.1, -0.05) is 17.7 Å². The lowest BCUT2D eigenvalue weighted by Crippen LogP contribution is -2.35. The van der Waals surface area contributed by atoms with Crippen LogP contribution in [0.4, 0.5) is 4.39 Å². The Hall–Kier alpha value is -0.510. The summed E-state index contributed by atoms with van der Waals surface area (Å²) >= 11 is 17.1. The van der Waals surface area contributed by atoms with E-state index in [9.17, 15) is 9.18 Å². The molecule has 0 aliphatic rings. The molecule has 1 amide bonds. The third-order valence-electron chi connectivity index (χ3n) is 2.45. The minimum Gasteiger partial charge on any atom is -0.340 e. The fourth-order valence-electron chi connectivity index (χ4n) is 1.53. The zero-order chi connectivity index (χ0) is 13.5. The van der Waals surface area contributed by atoms with Gasteiger partial charge in [0.05, 0.1) is 6.42 Å². The maximum Gasteiger partial charge on any atom is 0.227 e. The number of carbonyl (C=O) groups is 1. The Morgan fingerprint density at radius 2 is 1.83 bits per heavy atom. The number of nitrogens with zero attached hydrogens (tertiary/aromatic N) is 1. The molecule has 0 saturated heterocycles. The molecule has 0 aromatic heterocycles. The van der Waals surface area contributed by atoms with Crippen LogP contribution in [0, 0.1) is 5.82 Å². The van der Waals surface area contributed by atoms with Crippen LogP contribution in [0.25, 0.3) is 0 Å². The van der Waals surface area contributed by atoms with Crippen LogP contribution in [0.15, 0.2) is 18.2 Å². The Morgan fingerprint density at radius 1 is 1.22 bits per heavy atom. The predicted molar refractivity (Wildman–Crippen MR) is 73.1 cm³/mol. The highest BCUT2D eigenvalue weighted by Crippen LogP contribution is 2.20. The first kappa shape index (κ1) is 15.5. The molecule has 0 N–H and O–H groups in total. The molecule has 0 bridgehead atoms. The van der Waals surface area contributed by atoms with Crippen molar-refractivity contribution < 1.29 is 9.18 Å². The number of alkyl halides is 2. The van der Waals surface area contributed by atoms with Crippen molar-refractivity contribution in [3.63, 3.8) is 0 Å². The third kappa shape index (κ3) is 4.30. The SMILES string of the molecule is O=C(Cc1c(F)cccc1Cl)N(CCCl)CCCl. The molecule has 0 unspecified atom stereocenters. The highest BCUT2D eigenvalue weighted by molar-refractivity contribution is 6.31. The van der Waals surface area contributed by atoms with E-state index in [-0.39, 0.29) is 22.9 Å². The smallest absolute Gasteiger partial charge is 0.227 e. The quantitative estimate of drug-likeness (QED) is 0.738. The van der Waals surface area contributed by atoms with Crippen LogP contribution < -0.4 is 0 Å². The summed E-state index contributed by atoms with van der Waals surface area (Å²) in [5.41, 5.74) is 0.207. The minimum atomic E-state index is -0.479. The molecular formula is C12H13Cl3FNO. The van der Waals surface area contributed by atoms with Gasteiger partial charge < -0.3 is 4.90 Å². The van der Waals surface area contributed by atoms with Gasteiger partial charge in [-0.05, 0) is 12.1 Å². The van der Waals surface area contributed by atoms with Crippen LogP contribution in [0.2, 0.25) is 5.02 Å². The molecule has 1 rings (SSSR count). The van der Waals surface area contributed by atoms with Crippen molar-refractivity contribution >= 4 is 40.7 Å². The van der Waals surface area contributed by atoms with E-state index >= 15 is 0 Å². The standard InChI is InChI=1S/C12H13Cl3FNO/c13-4-6-17(7-5-14)12(18)8-9-10(15)2-1-3-11(9)16/h1-3H,4-8H2. The van der Waals surface area contributed by atoms with E-state index in [4.69, 9.17) is 34.8 Å². The summed E-state index contributed by atoms with van der Waals surface area (Å²) < 4.78 is 13.5. The normalized spacial score (nSPS) is 10.4. The Labute approximate surface area is 121 Å². The number of halogens is 4. The van der Waals surface area contributed by atoms with Gasteiger partial charge in [0.15, 0.2) is 0 Å². The van der Waals surface area contributed by atoms with Crippen LogP contribution in [0.1, 0.15) is 5.56 Å². The van der Waals surface area contributed by atoms with Crippen LogP contribution in [-0.2, 0) is 11.2 Å². The van der Waals surface area contributed by atoms with Gasteiger partial charge >= 0.3 is 0 Å². The van der Waals surface area contributed by atoms with Crippen LogP contribution >= 0.6 is 34.8 Å². The molecule has 1 aromatic carbocycles. The monoisotopic (exact) mass is 311 g/mol. The number of hydrogen-bond donors (Lipinski definition) is 0. The first-order valence-corrected chi connectivity index (χ1v) is 6.87. The van der Waals surface area contributed by atoms with Gasteiger partial charge in [0.25, 0.3) is 0 Å². The van der Waals surface area contributed by atoms with Crippen LogP contribution in [0.5, 0.6) is 0 Å². The summed E-state index contributed by atoms with van der Waals surface area (Å²) in [5.74, 6) is -0.0859. The van der Waals surface area contributed by atoms with E-state index in [2.05, 4.69) is 0 Å². The van der Waals surface area contributed by atoms with Crippen LogP contribution in [0.3, 0.4) is 0 Å². The van der Waals surface area contributed by atoms with Crippen molar-refractivity contribution in [2.75, 3.05) is 24.8 Å². The summed E-state index contributed by atoms with van der Waals surface area (Å²) in [5, 5.41) is 0.250. The van der Waals surface area contributed by atoms with Gasteiger partial charge in [0.1, 0.15) is 5.82 Å². The van der Waals surface area contributed by atoms with Gasteiger partial charge in [-0.15, -0.1) is 23.2 Å². The minimum absolute atomic E-state index is 0.0840. The molecule has 0 atom stereocenters. The van der Waals surface area contributed by atoms with Gasteiger partial charge in [0.2, 0.25) is 5.91 Å². The van der Waals surface area contributed by atoms with Crippen molar-refractivity contribution in [1.82, 2.24) is 4.90 Å². The first-order valence-electron chi connectivity index (χ1n) is 5.42. The lowest BCUT2D eigenvalue weighted by Gasteiger charge is -2.20. The number of benzene rings is 1. The Bertz CT molecular complexity index is 388. The van der Waals surface area contributed by atoms with Crippen molar-refractivity contribution in [3.05, 3.63) is 34.6 Å². The van der Waals surface area contributed by atoms with E-state index in [1.807, 2.05) is 0 Å². The highest BCUT2D eigenvalue weighted by atomic mass is 35.5. The molecule has 6 heteroatoms. The van der Waals surface area contributed by atoms with Gasteiger partial charge in [0, 0.05) is 35.4 Å². The zero-order valence-corrected chi connectivity index (χ0v) is 11.9. The molecule has 18 heavy (non-hydrogen) atoms. The zero-order valence-electron chi connectivity index (χ0n) is 9.63. The van der Waals surface area contributed by atoms with Crippen molar-refractivity contribution in [2.24, 2.45) is 0 Å². The van der Waals surface area contributed by atoms with Gasteiger partial charge in [-0.3, -0.25) is 4.79 Å². The van der Waals surface area contributed by atoms with E-state index in [1.54, 1.807) is 6.07 Å². The van der Waals surface area contributed by atoms with Gasteiger partial charge in [-0.2, -0.15) is 0 Å². The molecule has 0 spiro atoms. The summed E-state index contributed by atoms with van der Waals surface area (Å²) in [6, 6.07) is 4.34. The molecule has 0 aliphatic heterocycles. The topological polar surface area (TPSA) is 20.3 Å². The molecule has 0 radical (unpaired) electrons. The lowest BCUT2D eigenvalue weighted by molar-refractivity contribution is -0.130. The van der Waals surface area contributed by atoms with Crippen LogP contribution in [-0.4, -0.2) is 35.7 Å². The van der Waals surface area contributed by atoms with Crippen molar-refractivity contribution in [3.8, 4) is 0 Å². The second kappa shape index (κ2) is 7.82. The molecule has 2 nitrogen and oxygen atoms in total. The summed E-state index contributed by atoms with van der Waals surface area (Å²) in [4.78, 5) is 13.5. The molecule has 0 heterocycles. The summed E-state index contributed by atoms with van der Waals surface area (Å²) in [7, 11) is 0. The fourth-order valence-corrected chi connectivity index (χ4v) is 2.17. The Kier molecular flexibility index (Phi) is 6.76. The number of rotatable bonds is 6. The average Bonchev–Trinajstić information content (AvgIpc) is 2.33. The molecule has 0 aliphatic carbocycles. The molecule has 0 fully saturated rings. The molecule has 0 saturated carbocycles. The second-order valence-corrected chi connectivity index (χ2v) is 4.80. The first-order chi connectivity index (χ1) is 8.60. The Morgan fingerprint density at radius 3 is 2.33 bits per heavy atom. The van der Waals surface area contributed by atoms with E-state index < -0.39 is 5.82 Å². The fraction of sp³-hybridized carbons (Fsp3) is 0.417. The number of hydrogen-bond acceptors (Lipinski definition) is 1. The molecule has 1 aromatic rings. The summed E-state index contributed by atoms with van der Waals surface area (Å²) in [6.07, 6.45) is -0.0840. The average molecular weight is 313 g/mol. The molecular weight excluding hydrogens is 299 g/mol. The third-order valence-corrected chi connectivity index (χ3v) is 3.14. The van der Waals surface area contributed by atoms with Crippen molar-refractivity contribution in [1.29, 1.82) is 0 Å². The highest BCUT2D eigenvalue weighted by Gasteiger charge is 2.17. The van der Waals surface area contributed by atoms with E-state index in [0.717, 1.165) is 0 Å². The lowest BCUT2D eigenvalue weighted by atomic mass is 10.1. The molecule has 100 valence electrons. The van der Waals surface area contributed by atoms with E-state index in [0.29, 0.717) is 24.8 Å². The summed E-state index contributed by atoms with van der Waals surface area (Å²) in [6.45, 7) is 0.776. The largest absolute Gasteiger partial charge is 0.340 e. The maximum atomic E-state index is 13.5. The van der Waals surface area contributed by atoms with E-state index in [1.165, 1.54) is 17.0 Å². The predicted octanol–water partition coefficient (Wildman–Crippen LogP) is 3.33.